The van der Waals surface area contributed by atoms with Crippen molar-refractivity contribution in [3.63, 3.8) is 0 Å². The first kappa shape index (κ1) is 26.6. The standard InChI is InChI=1S/C25H33N7O4/c1-17(33)31-20(9-10-21(26)34)22(35)32-25(15-18-7-2-3-8-19(18)16-25)23(36)27-11-4-5-12-28-24-29-13-6-14-30-24/h2-3,6-8,13-14,20H,4-5,9-12,15-16H2,1H3,(H2,26,34)(H,27,36)(H,31,33)(H,32,35)(H,28,29,30)/t20-/m0/s1. The predicted octanol–water partition coefficient (Wildman–Crippen LogP) is 0.209. The number of fused-ring (bicyclic) bond motifs is 1. The number of primary amides is 1. The predicted molar refractivity (Wildman–Crippen MR) is 134 cm³/mol. The number of benzene rings is 1. The Morgan fingerprint density at radius 1 is 1.00 bits per heavy atom. The summed E-state index contributed by atoms with van der Waals surface area (Å²) in [5.74, 6) is -1.25. The van der Waals surface area contributed by atoms with Crippen LogP contribution in [-0.2, 0) is 32.0 Å². The molecule has 11 heteroatoms. The lowest BCUT2D eigenvalue weighted by Crippen LogP contribution is -2.63. The van der Waals surface area contributed by atoms with Crippen molar-refractivity contribution >= 4 is 29.6 Å². The number of nitrogens with two attached hydrogens (primary N) is 1. The second-order valence-electron chi connectivity index (χ2n) is 8.91. The summed E-state index contributed by atoms with van der Waals surface area (Å²) in [7, 11) is 0. The molecule has 0 saturated heterocycles. The van der Waals surface area contributed by atoms with Crippen LogP contribution in [0.25, 0.3) is 0 Å². The van der Waals surface area contributed by atoms with Crippen LogP contribution in [-0.4, -0.2) is 58.3 Å². The summed E-state index contributed by atoms with van der Waals surface area (Å²) >= 11 is 0. The van der Waals surface area contributed by atoms with E-state index in [1.165, 1.54) is 6.92 Å². The lowest BCUT2D eigenvalue weighted by Gasteiger charge is -2.31. The zero-order chi connectivity index (χ0) is 26.0. The van der Waals surface area contributed by atoms with Gasteiger partial charge in [-0.25, -0.2) is 9.97 Å². The number of carbonyl (C=O) groups excluding carboxylic acids is 4. The van der Waals surface area contributed by atoms with Gasteiger partial charge in [0.1, 0.15) is 11.6 Å². The highest BCUT2D eigenvalue weighted by molar-refractivity contribution is 5.95. The van der Waals surface area contributed by atoms with Gasteiger partial charge in [0.05, 0.1) is 0 Å². The zero-order valence-corrected chi connectivity index (χ0v) is 20.4. The highest BCUT2D eigenvalue weighted by Crippen LogP contribution is 2.30. The van der Waals surface area contributed by atoms with Crippen LogP contribution >= 0.6 is 0 Å². The number of amides is 4. The van der Waals surface area contributed by atoms with Crippen molar-refractivity contribution in [3.05, 3.63) is 53.9 Å². The van der Waals surface area contributed by atoms with Gasteiger partial charge in [-0.1, -0.05) is 24.3 Å². The Hall–Kier alpha value is -4.02. The molecule has 36 heavy (non-hydrogen) atoms. The lowest BCUT2D eigenvalue weighted by atomic mass is 9.93. The Labute approximate surface area is 210 Å². The molecule has 0 saturated carbocycles. The van der Waals surface area contributed by atoms with Crippen LogP contribution in [0, 0.1) is 0 Å². The van der Waals surface area contributed by atoms with Crippen molar-refractivity contribution in [1.82, 2.24) is 25.9 Å². The fourth-order valence-electron chi connectivity index (χ4n) is 4.26. The molecule has 1 heterocycles. The van der Waals surface area contributed by atoms with Crippen LogP contribution in [0.5, 0.6) is 0 Å². The summed E-state index contributed by atoms with van der Waals surface area (Å²) in [5, 5.41) is 11.5. The van der Waals surface area contributed by atoms with Gasteiger partial charge in [0.25, 0.3) is 0 Å². The number of carbonyl (C=O) groups is 4. The van der Waals surface area contributed by atoms with Crippen molar-refractivity contribution in [2.45, 2.75) is 57.0 Å². The number of anilines is 1. The third-order valence-corrected chi connectivity index (χ3v) is 6.01. The number of aromatic nitrogens is 2. The number of hydrogen-bond acceptors (Lipinski definition) is 7. The molecular weight excluding hydrogens is 462 g/mol. The maximum absolute atomic E-state index is 13.4. The fourth-order valence-corrected chi connectivity index (χ4v) is 4.26. The van der Waals surface area contributed by atoms with Gasteiger partial charge in [-0.3, -0.25) is 19.2 Å². The van der Waals surface area contributed by atoms with E-state index in [-0.39, 0.29) is 18.7 Å². The largest absolute Gasteiger partial charge is 0.370 e. The summed E-state index contributed by atoms with van der Waals surface area (Å²) < 4.78 is 0. The summed E-state index contributed by atoms with van der Waals surface area (Å²) in [6.07, 6.45) is 5.46. The number of hydrogen-bond donors (Lipinski definition) is 5. The first-order valence-corrected chi connectivity index (χ1v) is 12.0. The van der Waals surface area contributed by atoms with E-state index in [0.29, 0.717) is 31.9 Å². The Kier molecular flexibility index (Phi) is 9.32. The molecule has 0 fully saturated rings. The summed E-state index contributed by atoms with van der Waals surface area (Å²) in [4.78, 5) is 57.7. The third-order valence-electron chi connectivity index (χ3n) is 6.01. The first-order valence-electron chi connectivity index (χ1n) is 12.0. The number of nitrogens with one attached hydrogen (secondary N) is 4. The van der Waals surface area contributed by atoms with Gasteiger partial charge >= 0.3 is 0 Å². The van der Waals surface area contributed by atoms with E-state index in [0.717, 1.165) is 24.0 Å². The maximum atomic E-state index is 13.4. The molecule has 1 aromatic heterocycles. The van der Waals surface area contributed by atoms with Gasteiger partial charge in [-0.05, 0) is 36.5 Å². The average molecular weight is 496 g/mol. The number of nitrogens with zero attached hydrogens (tertiary/aromatic N) is 2. The molecule has 1 aliphatic carbocycles. The van der Waals surface area contributed by atoms with Gasteiger partial charge in [-0.15, -0.1) is 0 Å². The number of rotatable bonds is 13. The molecule has 1 aliphatic rings. The molecule has 0 bridgehead atoms. The molecule has 4 amide bonds. The first-order chi connectivity index (χ1) is 17.3. The molecule has 1 atom stereocenters. The van der Waals surface area contributed by atoms with Gasteiger partial charge in [0.15, 0.2) is 0 Å². The molecule has 0 aliphatic heterocycles. The van der Waals surface area contributed by atoms with Crippen molar-refractivity contribution in [1.29, 1.82) is 0 Å². The zero-order valence-electron chi connectivity index (χ0n) is 20.4. The molecule has 1 aromatic carbocycles. The Balaban J connectivity index is 1.61. The van der Waals surface area contributed by atoms with E-state index < -0.39 is 29.3 Å². The monoisotopic (exact) mass is 495 g/mol. The minimum Gasteiger partial charge on any atom is -0.370 e. The van der Waals surface area contributed by atoms with E-state index in [2.05, 4.69) is 31.2 Å². The molecule has 192 valence electrons. The van der Waals surface area contributed by atoms with Crippen LogP contribution in [0.3, 0.4) is 0 Å². The van der Waals surface area contributed by atoms with Gasteiger partial charge in [-0.2, -0.15) is 0 Å². The lowest BCUT2D eigenvalue weighted by molar-refractivity contribution is -0.135. The summed E-state index contributed by atoms with van der Waals surface area (Å²) in [6, 6.07) is 8.43. The van der Waals surface area contributed by atoms with Crippen LogP contribution in [0.1, 0.15) is 43.7 Å². The fraction of sp³-hybridized carbons (Fsp3) is 0.440. The van der Waals surface area contributed by atoms with E-state index in [9.17, 15) is 19.2 Å². The van der Waals surface area contributed by atoms with Crippen molar-refractivity contribution in [3.8, 4) is 0 Å². The smallest absolute Gasteiger partial charge is 0.246 e. The van der Waals surface area contributed by atoms with E-state index >= 15 is 0 Å². The molecule has 0 spiro atoms. The summed E-state index contributed by atoms with van der Waals surface area (Å²) in [5.41, 5.74) is 6.00. The molecule has 0 unspecified atom stereocenters. The minimum atomic E-state index is -1.19. The summed E-state index contributed by atoms with van der Waals surface area (Å²) in [6.45, 7) is 2.38. The Morgan fingerprint density at radius 2 is 1.64 bits per heavy atom. The number of unbranched alkanes of at least 4 members (excludes halogenated alkanes) is 1. The van der Waals surface area contributed by atoms with Crippen molar-refractivity contribution in [2.24, 2.45) is 5.73 Å². The second kappa shape index (κ2) is 12.6. The molecule has 6 N–H and O–H groups in total. The highest BCUT2D eigenvalue weighted by Gasteiger charge is 2.45. The molecule has 11 nitrogen and oxygen atoms in total. The van der Waals surface area contributed by atoms with Crippen LogP contribution in [0.4, 0.5) is 5.95 Å². The second-order valence-corrected chi connectivity index (χ2v) is 8.91. The molecular formula is C25H33N7O4. The van der Waals surface area contributed by atoms with Crippen LogP contribution in [0.15, 0.2) is 42.7 Å². The van der Waals surface area contributed by atoms with Crippen LogP contribution < -0.4 is 27.0 Å². The third kappa shape index (κ3) is 7.49. The Bertz CT molecular complexity index is 1050. The molecule has 3 rings (SSSR count). The van der Waals surface area contributed by atoms with Crippen molar-refractivity contribution < 1.29 is 19.2 Å². The van der Waals surface area contributed by atoms with E-state index in [1.807, 2.05) is 24.3 Å². The maximum Gasteiger partial charge on any atom is 0.246 e. The molecule has 2 aromatic rings. The van der Waals surface area contributed by atoms with Gasteiger partial charge in [0.2, 0.25) is 29.6 Å². The van der Waals surface area contributed by atoms with E-state index in [4.69, 9.17) is 5.73 Å². The van der Waals surface area contributed by atoms with Gasteiger partial charge in [0, 0.05) is 51.7 Å². The van der Waals surface area contributed by atoms with Gasteiger partial charge < -0.3 is 27.0 Å². The van der Waals surface area contributed by atoms with Crippen LogP contribution in [0.2, 0.25) is 0 Å². The quantitative estimate of drug-likeness (QED) is 0.247. The van der Waals surface area contributed by atoms with E-state index in [1.54, 1.807) is 18.5 Å². The normalized spacial score (nSPS) is 14.2. The highest BCUT2D eigenvalue weighted by atomic mass is 16.2. The van der Waals surface area contributed by atoms with Crippen molar-refractivity contribution in [2.75, 3.05) is 18.4 Å². The topological polar surface area (TPSA) is 168 Å². The molecule has 0 radical (unpaired) electrons. The minimum absolute atomic E-state index is 0.0452. The SMILES string of the molecule is CC(=O)N[C@@H](CCC(N)=O)C(=O)NC1(C(=O)NCCCCNc2ncccn2)Cc2ccccc2C1. The Morgan fingerprint density at radius 3 is 2.25 bits per heavy atom. The average Bonchev–Trinajstić information content (AvgIpc) is 3.23.